The van der Waals surface area contributed by atoms with Crippen molar-refractivity contribution in [3.63, 3.8) is 0 Å². The summed E-state index contributed by atoms with van der Waals surface area (Å²) in [6.07, 6.45) is 3.18. The number of hydrogen-bond donors (Lipinski definition) is 1. The summed E-state index contributed by atoms with van der Waals surface area (Å²) in [5.41, 5.74) is 9.78. The van der Waals surface area contributed by atoms with Gasteiger partial charge in [-0.1, -0.05) is 36.4 Å². The molecule has 2 aromatic carbocycles. The Morgan fingerprint density at radius 2 is 1.86 bits per heavy atom. The van der Waals surface area contributed by atoms with Crippen LogP contribution in [0.2, 0.25) is 0 Å². The number of halogens is 1. The highest BCUT2D eigenvalue weighted by Crippen LogP contribution is 2.34. The first-order chi connectivity index (χ1) is 10.8. The number of fused-ring (bicyclic) bond motifs is 1. The normalized spacial score (nSPS) is 18.2. The molecule has 1 aliphatic heterocycles. The van der Waals surface area contributed by atoms with Gasteiger partial charge in [0.15, 0.2) is 0 Å². The van der Waals surface area contributed by atoms with Gasteiger partial charge >= 0.3 is 0 Å². The molecule has 3 heteroatoms. The average molecular weight is 298 g/mol. The predicted molar refractivity (Wildman–Crippen MR) is 88.0 cm³/mol. The lowest BCUT2D eigenvalue weighted by molar-refractivity contribution is 0.165. The van der Waals surface area contributed by atoms with Crippen molar-refractivity contribution in [3.8, 4) is 0 Å². The second-order valence-corrected chi connectivity index (χ2v) is 5.99. The predicted octanol–water partition coefficient (Wildman–Crippen LogP) is 3.66. The minimum Gasteiger partial charge on any atom is -0.330 e. The minimum atomic E-state index is -0.174. The van der Waals surface area contributed by atoms with Crippen LogP contribution in [0.1, 0.15) is 35.6 Å². The molecule has 2 nitrogen and oxygen atoms in total. The van der Waals surface area contributed by atoms with Crippen LogP contribution in [0.15, 0.2) is 48.5 Å². The topological polar surface area (TPSA) is 29.3 Å². The van der Waals surface area contributed by atoms with E-state index in [0.717, 1.165) is 38.9 Å². The van der Waals surface area contributed by atoms with Crippen LogP contribution in [0.3, 0.4) is 0 Å². The van der Waals surface area contributed by atoms with Crippen LogP contribution < -0.4 is 5.73 Å². The zero-order chi connectivity index (χ0) is 15.4. The van der Waals surface area contributed by atoms with Gasteiger partial charge in [-0.3, -0.25) is 4.90 Å². The van der Waals surface area contributed by atoms with E-state index in [1.807, 2.05) is 12.1 Å². The molecular weight excluding hydrogens is 275 g/mol. The van der Waals surface area contributed by atoms with E-state index in [1.165, 1.54) is 16.7 Å². The number of rotatable bonds is 5. The van der Waals surface area contributed by atoms with E-state index in [2.05, 4.69) is 29.2 Å². The first-order valence-corrected chi connectivity index (χ1v) is 8.04. The number of hydrogen-bond acceptors (Lipinski definition) is 2. The van der Waals surface area contributed by atoms with Crippen LogP contribution in [0.25, 0.3) is 0 Å². The van der Waals surface area contributed by atoms with Gasteiger partial charge in [-0.2, -0.15) is 0 Å². The molecule has 2 N–H and O–H groups in total. The smallest absolute Gasteiger partial charge is 0.123 e. The zero-order valence-electron chi connectivity index (χ0n) is 12.8. The number of nitrogens with zero attached hydrogens (tertiary/aromatic N) is 1. The van der Waals surface area contributed by atoms with Crippen molar-refractivity contribution in [2.24, 2.45) is 5.73 Å². The second kappa shape index (κ2) is 7.03. The summed E-state index contributed by atoms with van der Waals surface area (Å²) >= 11 is 0. The molecule has 0 bridgehead atoms. The fourth-order valence-electron chi connectivity index (χ4n) is 3.37. The summed E-state index contributed by atoms with van der Waals surface area (Å²) in [6, 6.07) is 16.0. The van der Waals surface area contributed by atoms with Gasteiger partial charge in [-0.25, -0.2) is 4.39 Å². The molecule has 0 saturated heterocycles. The summed E-state index contributed by atoms with van der Waals surface area (Å²) in [6.45, 7) is 2.64. The molecule has 0 amide bonds. The van der Waals surface area contributed by atoms with E-state index in [0.29, 0.717) is 6.04 Å². The molecule has 0 spiro atoms. The molecule has 3 rings (SSSR count). The molecule has 1 aliphatic rings. The number of nitrogens with two attached hydrogens (primary N) is 1. The Balaban J connectivity index is 1.81. The molecule has 2 aromatic rings. The van der Waals surface area contributed by atoms with Crippen molar-refractivity contribution in [2.45, 2.75) is 31.8 Å². The summed E-state index contributed by atoms with van der Waals surface area (Å²) in [5.74, 6) is -0.174. The molecular formula is C19H23FN2. The van der Waals surface area contributed by atoms with Crippen LogP contribution in [-0.2, 0) is 13.0 Å². The average Bonchev–Trinajstić information content (AvgIpc) is 2.56. The lowest BCUT2D eigenvalue weighted by atomic mass is 9.89. The van der Waals surface area contributed by atoms with E-state index in [4.69, 9.17) is 5.73 Å². The zero-order valence-corrected chi connectivity index (χ0v) is 12.8. The van der Waals surface area contributed by atoms with Crippen molar-refractivity contribution in [1.29, 1.82) is 0 Å². The fourth-order valence-corrected chi connectivity index (χ4v) is 3.37. The summed E-state index contributed by atoms with van der Waals surface area (Å²) in [5, 5.41) is 0. The Hall–Kier alpha value is -1.71. The highest BCUT2D eigenvalue weighted by Gasteiger charge is 2.26. The monoisotopic (exact) mass is 298 g/mol. The maximum atomic E-state index is 13.1. The third kappa shape index (κ3) is 3.37. The van der Waals surface area contributed by atoms with Crippen molar-refractivity contribution in [2.75, 3.05) is 13.1 Å². The van der Waals surface area contributed by atoms with Gasteiger partial charge in [-0.15, -0.1) is 0 Å². The molecule has 1 atom stereocenters. The molecule has 0 radical (unpaired) electrons. The molecule has 1 unspecified atom stereocenters. The summed E-state index contributed by atoms with van der Waals surface area (Å²) in [7, 11) is 0. The van der Waals surface area contributed by atoms with E-state index in [-0.39, 0.29) is 5.82 Å². The first kappa shape index (κ1) is 15.2. The third-order valence-electron chi connectivity index (χ3n) is 4.50. The molecule has 1 heterocycles. The van der Waals surface area contributed by atoms with Crippen LogP contribution >= 0.6 is 0 Å². The Morgan fingerprint density at radius 1 is 1.09 bits per heavy atom. The van der Waals surface area contributed by atoms with Gasteiger partial charge in [-0.05, 0) is 54.6 Å². The van der Waals surface area contributed by atoms with E-state index in [9.17, 15) is 4.39 Å². The van der Waals surface area contributed by atoms with Gasteiger partial charge in [0.05, 0.1) is 0 Å². The van der Waals surface area contributed by atoms with Gasteiger partial charge < -0.3 is 5.73 Å². The molecule has 116 valence electrons. The number of benzene rings is 2. The Kier molecular flexibility index (Phi) is 4.86. The molecule has 22 heavy (non-hydrogen) atoms. The molecule has 0 aliphatic carbocycles. The van der Waals surface area contributed by atoms with Crippen LogP contribution in [-0.4, -0.2) is 18.0 Å². The minimum absolute atomic E-state index is 0.174. The van der Waals surface area contributed by atoms with Gasteiger partial charge in [0.2, 0.25) is 0 Å². The largest absolute Gasteiger partial charge is 0.330 e. The van der Waals surface area contributed by atoms with Crippen molar-refractivity contribution >= 4 is 0 Å². The van der Waals surface area contributed by atoms with Crippen molar-refractivity contribution in [3.05, 3.63) is 71.0 Å². The fraction of sp³-hybridized carbons (Fsp3) is 0.368. The Morgan fingerprint density at radius 3 is 2.64 bits per heavy atom. The van der Waals surface area contributed by atoms with Gasteiger partial charge in [0.25, 0.3) is 0 Å². The van der Waals surface area contributed by atoms with E-state index < -0.39 is 0 Å². The van der Waals surface area contributed by atoms with Crippen LogP contribution in [0.5, 0.6) is 0 Å². The summed E-state index contributed by atoms with van der Waals surface area (Å²) < 4.78 is 13.1. The highest BCUT2D eigenvalue weighted by atomic mass is 19.1. The first-order valence-electron chi connectivity index (χ1n) is 8.04. The molecule has 0 saturated carbocycles. The standard InChI is InChI=1S/C19H23FN2/c20-17-9-7-15(8-10-17)14-22-13-11-16-4-1-2-5-18(16)19(22)6-3-12-21/h1-2,4-5,7-10,19H,3,6,11-14,21H2. The summed E-state index contributed by atoms with van der Waals surface area (Å²) in [4.78, 5) is 2.51. The van der Waals surface area contributed by atoms with Crippen LogP contribution in [0, 0.1) is 5.82 Å². The van der Waals surface area contributed by atoms with Gasteiger partial charge in [0, 0.05) is 19.1 Å². The SMILES string of the molecule is NCCCC1c2ccccc2CCN1Cc1ccc(F)cc1. The maximum absolute atomic E-state index is 13.1. The quantitative estimate of drug-likeness (QED) is 0.912. The van der Waals surface area contributed by atoms with Gasteiger partial charge in [0.1, 0.15) is 5.82 Å². The highest BCUT2D eigenvalue weighted by molar-refractivity contribution is 5.33. The van der Waals surface area contributed by atoms with E-state index in [1.54, 1.807) is 12.1 Å². The van der Waals surface area contributed by atoms with Crippen molar-refractivity contribution in [1.82, 2.24) is 4.90 Å². The molecule has 0 fully saturated rings. The Labute approximate surface area is 131 Å². The Bertz CT molecular complexity index is 609. The second-order valence-electron chi connectivity index (χ2n) is 5.99. The van der Waals surface area contributed by atoms with Crippen LogP contribution in [0.4, 0.5) is 4.39 Å². The lowest BCUT2D eigenvalue weighted by Crippen LogP contribution is -2.35. The molecule has 0 aromatic heterocycles. The van der Waals surface area contributed by atoms with E-state index >= 15 is 0 Å². The maximum Gasteiger partial charge on any atom is 0.123 e. The third-order valence-corrected chi connectivity index (χ3v) is 4.50. The van der Waals surface area contributed by atoms with Crippen molar-refractivity contribution < 1.29 is 4.39 Å². The lowest BCUT2D eigenvalue weighted by Gasteiger charge is -2.37.